The summed E-state index contributed by atoms with van der Waals surface area (Å²) in [7, 11) is 3.56. The van der Waals surface area contributed by atoms with Crippen LogP contribution in [0.1, 0.15) is 11.3 Å². The van der Waals surface area contributed by atoms with E-state index in [2.05, 4.69) is 5.32 Å². The molecule has 0 saturated carbocycles. The fourth-order valence-corrected chi connectivity index (χ4v) is 0.941. The monoisotopic (exact) mass is 155 g/mol. The van der Waals surface area contributed by atoms with Crippen molar-refractivity contribution in [3.05, 3.63) is 23.7 Å². The molecule has 0 aromatic carbocycles. The van der Waals surface area contributed by atoms with Gasteiger partial charge in [0.2, 0.25) is 0 Å². The topological polar surface area (TPSA) is 34.4 Å². The van der Waals surface area contributed by atoms with Crippen LogP contribution in [0, 0.1) is 0 Å². The molecule has 0 bridgehead atoms. The van der Waals surface area contributed by atoms with E-state index >= 15 is 0 Å². The predicted molar refractivity (Wildman–Crippen MR) is 42.2 cm³/mol. The fraction of sp³-hybridized carbons (Fsp3) is 0.500. The molecular weight excluding hydrogens is 142 g/mol. The molecule has 0 atom stereocenters. The first kappa shape index (κ1) is 8.30. The van der Waals surface area contributed by atoms with Crippen molar-refractivity contribution in [2.45, 2.75) is 13.2 Å². The highest BCUT2D eigenvalue weighted by atomic mass is 16.5. The summed E-state index contributed by atoms with van der Waals surface area (Å²) in [5.74, 6) is 0.873. The van der Waals surface area contributed by atoms with E-state index in [0.717, 1.165) is 17.9 Å². The predicted octanol–water partition coefficient (Wildman–Crippen LogP) is 1.15. The molecule has 0 amide bonds. The van der Waals surface area contributed by atoms with Gasteiger partial charge < -0.3 is 14.5 Å². The third-order valence-corrected chi connectivity index (χ3v) is 1.38. The van der Waals surface area contributed by atoms with Crippen molar-refractivity contribution in [3.63, 3.8) is 0 Å². The van der Waals surface area contributed by atoms with Crippen molar-refractivity contribution in [1.29, 1.82) is 0 Å². The lowest BCUT2D eigenvalue weighted by Crippen LogP contribution is -2.03. The van der Waals surface area contributed by atoms with Crippen molar-refractivity contribution in [3.8, 4) is 0 Å². The maximum Gasteiger partial charge on any atom is 0.129 e. The van der Waals surface area contributed by atoms with Crippen LogP contribution in [-0.2, 0) is 17.9 Å². The molecule has 1 aromatic heterocycles. The molecule has 0 radical (unpaired) electrons. The smallest absolute Gasteiger partial charge is 0.129 e. The highest BCUT2D eigenvalue weighted by molar-refractivity contribution is 5.11. The van der Waals surface area contributed by atoms with E-state index in [1.165, 1.54) is 0 Å². The Kier molecular flexibility index (Phi) is 3.14. The Morgan fingerprint density at radius 1 is 1.64 bits per heavy atom. The number of hydrogen-bond donors (Lipinski definition) is 1. The second kappa shape index (κ2) is 4.16. The third-order valence-electron chi connectivity index (χ3n) is 1.38. The maximum atomic E-state index is 5.19. The van der Waals surface area contributed by atoms with Gasteiger partial charge in [0.25, 0.3) is 0 Å². The molecule has 0 unspecified atom stereocenters. The van der Waals surface area contributed by atoms with Crippen molar-refractivity contribution < 1.29 is 9.15 Å². The number of rotatable bonds is 4. The number of methoxy groups -OCH3 is 1. The van der Waals surface area contributed by atoms with E-state index in [1.54, 1.807) is 13.4 Å². The number of ether oxygens (including phenoxy) is 1. The molecule has 3 nitrogen and oxygen atoms in total. The maximum absolute atomic E-state index is 5.19. The minimum absolute atomic E-state index is 0.545. The second-order valence-electron chi connectivity index (χ2n) is 2.38. The van der Waals surface area contributed by atoms with Gasteiger partial charge in [0, 0.05) is 19.2 Å². The zero-order valence-electron chi connectivity index (χ0n) is 6.89. The standard InChI is InChI=1S/C8H13NO2/c1-9-4-7-3-8(6-10-2)11-5-7/h3,5,9H,4,6H2,1-2H3. The Bertz CT molecular complexity index is 187. The highest BCUT2D eigenvalue weighted by Gasteiger charge is 1.98. The number of hydrogen-bond acceptors (Lipinski definition) is 3. The summed E-state index contributed by atoms with van der Waals surface area (Å²) in [5.41, 5.74) is 1.15. The van der Waals surface area contributed by atoms with E-state index in [1.807, 2.05) is 13.1 Å². The average Bonchev–Trinajstić information content (AvgIpc) is 2.38. The first-order valence-corrected chi connectivity index (χ1v) is 3.56. The van der Waals surface area contributed by atoms with Crippen LogP contribution in [0.15, 0.2) is 16.7 Å². The summed E-state index contributed by atoms with van der Waals surface area (Å²) >= 11 is 0. The first-order valence-electron chi connectivity index (χ1n) is 3.56. The van der Waals surface area contributed by atoms with Crippen LogP contribution in [0.25, 0.3) is 0 Å². The molecule has 1 N–H and O–H groups in total. The van der Waals surface area contributed by atoms with Gasteiger partial charge in [-0.2, -0.15) is 0 Å². The van der Waals surface area contributed by atoms with Gasteiger partial charge in [-0.15, -0.1) is 0 Å². The summed E-state index contributed by atoms with van der Waals surface area (Å²) in [6.45, 7) is 1.39. The zero-order chi connectivity index (χ0) is 8.10. The molecule has 62 valence electrons. The van der Waals surface area contributed by atoms with Crippen molar-refractivity contribution in [1.82, 2.24) is 5.32 Å². The lowest BCUT2D eigenvalue weighted by Gasteiger charge is -1.90. The lowest BCUT2D eigenvalue weighted by atomic mass is 10.3. The minimum atomic E-state index is 0.545. The van der Waals surface area contributed by atoms with Gasteiger partial charge in [-0.25, -0.2) is 0 Å². The number of furan rings is 1. The Morgan fingerprint density at radius 3 is 3.09 bits per heavy atom. The summed E-state index contributed by atoms with van der Waals surface area (Å²) in [6.07, 6.45) is 1.74. The van der Waals surface area contributed by atoms with E-state index in [-0.39, 0.29) is 0 Å². The average molecular weight is 155 g/mol. The molecule has 0 fully saturated rings. The molecule has 1 rings (SSSR count). The minimum Gasteiger partial charge on any atom is -0.467 e. The molecular formula is C8H13NO2. The molecule has 0 saturated heterocycles. The highest BCUT2D eigenvalue weighted by Crippen LogP contribution is 2.07. The van der Waals surface area contributed by atoms with Gasteiger partial charge in [0.05, 0.1) is 6.26 Å². The zero-order valence-corrected chi connectivity index (χ0v) is 6.89. The van der Waals surface area contributed by atoms with E-state index in [4.69, 9.17) is 9.15 Å². The van der Waals surface area contributed by atoms with Gasteiger partial charge in [-0.05, 0) is 13.1 Å². The van der Waals surface area contributed by atoms with Crippen LogP contribution in [0.3, 0.4) is 0 Å². The number of nitrogens with one attached hydrogen (secondary N) is 1. The summed E-state index contributed by atoms with van der Waals surface area (Å²) < 4.78 is 10.1. The van der Waals surface area contributed by atoms with Crippen LogP contribution in [0.4, 0.5) is 0 Å². The van der Waals surface area contributed by atoms with E-state index in [0.29, 0.717) is 6.61 Å². The summed E-state index contributed by atoms with van der Waals surface area (Å²) in [6, 6.07) is 1.99. The Balaban J connectivity index is 2.51. The van der Waals surface area contributed by atoms with Gasteiger partial charge in [0.15, 0.2) is 0 Å². The van der Waals surface area contributed by atoms with Crippen molar-refractivity contribution in [2.24, 2.45) is 0 Å². The van der Waals surface area contributed by atoms with E-state index in [9.17, 15) is 0 Å². The van der Waals surface area contributed by atoms with Crippen LogP contribution < -0.4 is 5.32 Å². The largest absolute Gasteiger partial charge is 0.467 e. The summed E-state index contributed by atoms with van der Waals surface area (Å²) in [4.78, 5) is 0. The van der Waals surface area contributed by atoms with Crippen molar-refractivity contribution in [2.75, 3.05) is 14.2 Å². The molecule has 3 heteroatoms. The molecule has 1 heterocycles. The molecule has 11 heavy (non-hydrogen) atoms. The normalized spacial score (nSPS) is 10.4. The molecule has 1 aromatic rings. The third kappa shape index (κ3) is 2.37. The lowest BCUT2D eigenvalue weighted by molar-refractivity contribution is 0.164. The van der Waals surface area contributed by atoms with Crippen LogP contribution in [0.2, 0.25) is 0 Å². The van der Waals surface area contributed by atoms with Crippen molar-refractivity contribution >= 4 is 0 Å². The SMILES string of the molecule is CNCc1coc(COC)c1. The Labute approximate surface area is 66.3 Å². The molecule has 0 aliphatic carbocycles. The fourth-order valence-electron chi connectivity index (χ4n) is 0.941. The first-order chi connectivity index (χ1) is 5.36. The van der Waals surface area contributed by atoms with Gasteiger partial charge in [0.1, 0.15) is 12.4 Å². The van der Waals surface area contributed by atoms with Gasteiger partial charge in [-0.3, -0.25) is 0 Å². The van der Waals surface area contributed by atoms with Gasteiger partial charge in [-0.1, -0.05) is 0 Å². The van der Waals surface area contributed by atoms with Crippen LogP contribution in [0.5, 0.6) is 0 Å². The van der Waals surface area contributed by atoms with Crippen LogP contribution >= 0.6 is 0 Å². The Morgan fingerprint density at radius 2 is 2.45 bits per heavy atom. The molecule has 0 aliphatic heterocycles. The molecule has 0 spiro atoms. The van der Waals surface area contributed by atoms with Gasteiger partial charge >= 0.3 is 0 Å². The quantitative estimate of drug-likeness (QED) is 0.708. The van der Waals surface area contributed by atoms with Crippen LogP contribution in [-0.4, -0.2) is 14.2 Å². The van der Waals surface area contributed by atoms with E-state index < -0.39 is 0 Å². The summed E-state index contributed by atoms with van der Waals surface area (Å²) in [5, 5.41) is 3.04. The Hall–Kier alpha value is -0.800. The second-order valence-corrected chi connectivity index (χ2v) is 2.38. The molecule has 0 aliphatic rings.